The van der Waals surface area contributed by atoms with Crippen LogP contribution in [-0.2, 0) is 4.74 Å². The normalized spacial score (nSPS) is 10.8. The molecule has 2 N–H and O–H groups in total. The second kappa shape index (κ2) is 4.94. The van der Waals surface area contributed by atoms with Crippen molar-refractivity contribution in [2.45, 2.75) is 6.92 Å². The number of carbonyl (C=O) groups is 1. The molecule has 0 saturated heterocycles. The number of benzene rings is 2. The maximum Gasteiger partial charge on any atom is 0.337 e. The lowest BCUT2D eigenvalue weighted by Gasteiger charge is -2.08. The van der Waals surface area contributed by atoms with Gasteiger partial charge in [-0.1, -0.05) is 0 Å². The number of hydrogen-bond acceptors (Lipinski definition) is 4. The summed E-state index contributed by atoms with van der Waals surface area (Å²) in [6, 6.07) is 12.9. The minimum Gasteiger partial charge on any atom is -0.465 e. The summed E-state index contributed by atoms with van der Waals surface area (Å²) in [6.45, 7) is 1.93. The molecule has 0 spiro atoms. The van der Waals surface area contributed by atoms with Gasteiger partial charge in [-0.3, -0.25) is 4.57 Å². The highest BCUT2D eigenvalue weighted by atomic mass is 16.5. The van der Waals surface area contributed by atoms with Gasteiger partial charge < -0.3 is 10.5 Å². The van der Waals surface area contributed by atoms with E-state index in [-0.39, 0.29) is 5.97 Å². The molecule has 0 fully saturated rings. The third kappa shape index (κ3) is 2.23. The first kappa shape index (κ1) is 13.2. The molecule has 5 nitrogen and oxygen atoms in total. The highest BCUT2D eigenvalue weighted by Crippen LogP contribution is 2.23. The van der Waals surface area contributed by atoms with Gasteiger partial charge in [-0.15, -0.1) is 0 Å². The Balaban J connectivity index is 2.12. The molecule has 2 aromatic carbocycles. The predicted molar refractivity (Wildman–Crippen MR) is 81.6 cm³/mol. The number of hydrogen-bond donors (Lipinski definition) is 1. The van der Waals surface area contributed by atoms with Gasteiger partial charge in [0.05, 0.1) is 23.7 Å². The molecular formula is C16H15N3O2. The molecule has 106 valence electrons. The van der Waals surface area contributed by atoms with E-state index in [1.54, 1.807) is 12.1 Å². The van der Waals surface area contributed by atoms with Gasteiger partial charge in [-0.05, 0) is 49.4 Å². The van der Waals surface area contributed by atoms with Gasteiger partial charge in [0.1, 0.15) is 5.82 Å². The van der Waals surface area contributed by atoms with Gasteiger partial charge in [-0.2, -0.15) is 0 Å². The molecule has 1 aromatic heterocycles. The van der Waals surface area contributed by atoms with E-state index in [0.717, 1.165) is 22.5 Å². The minimum atomic E-state index is -0.346. The highest BCUT2D eigenvalue weighted by molar-refractivity contribution is 5.89. The Bertz CT molecular complexity index is 819. The van der Waals surface area contributed by atoms with Gasteiger partial charge in [0.2, 0.25) is 0 Å². The van der Waals surface area contributed by atoms with Crippen LogP contribution in [0.25, 0.3) is 16.7 Å². The van der Waals surface area contributed by atoms with E-state index < -0.39 is 0 Å². The lowest BCUT2D eigenvalue weighted by Crippen LogP contribution is -2.02. The number of methoxy groups -OCH3 is 1. The van der Waals surface area contributed by atoms with Crippen molar-refractivity contribution >= 4 is 22.7 Å². The Morgan fingerprint density at radius 3 is 2.57 bits per heavy atom. The van der Waals surface area contributed by atoms with Crippen LogP contribution < -0.4 is 5.73 Å². The Kier molecular flexibility index (Phi) is 3.10. The van der Waals surface area contributed by atoms with E-state index >= 15 is 0 Å². The minimum absolute atomic E-state index is 0.346. The molecule has 3 rings (SSSR count). The number of carbonyl (C=O) groups excluding carboxylic acids is 1. The molecule has 5 heteroatoms. The summed E-state index contributed by atoms with van der Waals surface area (Å²) in [4.78, 5) is 16.0. The number of nitrogen functional groups attached to an aromatic ring is 1. The van der Waals surface area contributed by atoms with E-state index in [1.807, 2.05) is 41.8 Å². The van der Waals surface area contributed by atoms with Crippen LogP contribution in [0.1, 0.15) is 16.2 Å². The number of nitrogens with two attached hydrogens (primary N) is 1. The van der Waals surface area contributed by atoms with Crippen molar-refractivity contribution in [1.29, 1.82) is 0 Å². The third-order valence-electron chi connectivity index (χ3n) is 3.39. The number of fused-ring (bicyclic) bond motifs is 1. The second-order valence-electron chi connectivity index (χ2n) is 4.78. The zero-order chi connectivity index (χ0) is 15.0. The van der Waals surface area contributed by atoms with Crippen molar-refractivity contribution < 1.29 is 9.53 Å². The Hall–Kier alpha value is -2.82. The molecule has 0 radical (unpaired) electrons. The molecule has 3 aromatic rings. The molecule has 0 atom stereocenters. The molecule has 0 amide bonds. The molecule has 0 aliphatic heterocycles. The zero-order valence-electron chi connectivity index (χ0n) is 11.8. The molecule has 0 aliphatic rings. The summed E-state index contributed by atoms with van der Waals surface area (Å²) >= 11 is 0. The fourth-order valence-electron chi connectivity index (χ4n) is 2.41. The van der Waals surface area contributed by atoms with E-state index in [4.69, 9.17) is 10.5 Å². The summed E-state index contributed by atoms with van der Waals surface area (Å²) in [5, 5.41) is 0. The van der Waals surface area contributed by atoms with Crippen LogP contribution in [0.4, 0.5) is 5.69 Å². The van der Waals surface area contributed by atoms with Gasteiger partial charge in [0, 0.05) is 11.4 Å². The third-order valence-corrected chi connectivity index (χ3v) is 3.39. The summed E-state index contributed by atoms with van der Waals surface area (Å²) in [5.41, 5.74) is 9.77. The maximum atomic E-state index is 11.5. The van der Waals surface area contributed by atoms with E-state index in [9.17, 15) is 4.79 Å². The van der Waals surface area contributed by atoms with Gasteiger partial charge in [0.15, 0.2) is 0 Å². The molecule has 0 saturated carbocycles. The van der Waals surface area contributed by atoms with Crippen LogP contribution >= 0.6 is 0 Å². The quantitative estimate of drug-likeness (QED) is 0.579. The molecule has 0 unspecified atom stereocenters. The lowest BCUT2D eigenvalue weighted by molar-refractivity contribution is 0.0601. The first-order chi connectivity index (χ1) is 10.1. The SMILES string of the molecule is COC(=O)c1ccc(-n2c(C)nc3cc(N)ccc32)cc1. The summed E-state index contributed by atoms with van der Waals surface area (Å²) < 4.78 is 6.73. The van der Waals surface area contributed by atoms with Crippen molar-refractivity contribution in [1.82, 2.24) is 9.55 Å². The lowest BCUT2D eigenvalue weighted by atomic mass is 10.2. The fraction of sp³-hybridized carbons (Fsp3) is 0.125. The van der Waals surface area contributed by atoms with Crippen molar-refractivity contribution in [3.8, 4) is 5.69 Å². The molecule has 21 heavy (non-hydrogen) atoms. The van der Waals surface area contributed by atoms with Crippen LogP contribution in [0.3, 0.4) is 0 Å². The average Bonchev–Trinajstić information content (AvgIpc) is 2.81. The molecular weight excluding hydrogens is 266 g/mol. The van der Waals surface area contributed by atoms with Crippen LogP contribution in [0, 0.1) is 6.92 Å². The Labute approximate surface area is 122 Å². The van der Waals surface area contributed by atoms with Crippen molar-refractivity contribution in [2.24, 2.45) is 0 Å². The number of esters is 1. The average molecular weight is 281 g/mol. The number of anilines is 1. The molecule has 0 aliphatic carbocycles. The van der Waals surface area contributed by atoms with Gasteiger partial charge in [0.25, 0.3) is 0 Å². The number of aromatic nitrogens is 2. The largest absolute Gasteiger partial charge is 0.465 e. The van der Waals surface area contributed by atoms with E-state index in [0.29, 0.717) is 11.3 Å². The van der Waals surface area contributed by atoms with Crippen molar-refractivity contribution in [2.75, 3.05) is 12.8 Å². The first-order valence-corrected chi connectivity index (χ1v) is 6.53. The Morgan fingerprint density at radius 2 is 1.90 bits per heavy atom. The van der Waals surface area contributed by atoms with Crippen molar-refractivity contribution in [3.05, 3.63) is 53.9 Å². The summed E-state index contributed by atoms with van der Waals surface area (Å²) in [7, 11) is 1.37. The number of nitrogens with zero attached hydrogens (tertiary/aromatic N) is 2. The number of rotatable bonds is 2. The van der Waals surface area contributed by atoms with E-state index in [1.165, 1.54) is 7.11 Å². The van der Waals surface area contributed by atoms with Crippen LogP contribution in [-0.4, -0.2) is 22.6 Å². The maximum absolute atomic E-state index is 11.5. The Morgan fingerprint density at radius 1 is 1.19 bits per heavy atom. The first-order valence-electron chi connectivity index (χ1n) is 6.53. The molecule has 0 bridgehead atoms. The predicted octanol–water partition coefficient (Wildman–Crippen LogP) is 2.70. The molecule has 1 heterocycles. The highest BCUT2D eigenvalue weighted by Gasteiger charge is 2.11. The smallest absolute Gasteiger partial charge is 0.337 e. The number of ether oxygens (including phenoxy) is 1. The van der Waals surface area contributed by atoms with Crippen LogP contribution in [0.5, 0.6) is 0 Å². The van der Waals surface area contributed by atoms with Gasteiger partial charge in [-0.25, -0.2) is 9.78 Å². The van der Waals surface area contributed by atoms with Gasteiger partial charge >= 0.3 is 5.97 Å². The standard InChI is InChI=1S/C16H15N3O2/c1-10-18-14-9-12(17)5-8-15(14)19(10)13-6-3-11(4-7-13)16(20)21-2/h3-9H,17H2,1-2H3. The topological polar surface area (TPSA) is 70.1 Å². The summed E-state index contributed by atoms with van der Waals surface area (Å²) in [6.07, 6.45) is 0. The van der Waals surface area contributed by atoms with Crippen LogP contribution in [0.2, 0.25) is 0 Å². The fourth-order valence-corrected chi connectivity index (χ4v) is 2.41. The van der Waals surface area contributed by atoms with Crippen LogP contribution in [0.15, 0.2) is 42.5 Å². The zero-order valence-corrected chi connectivity index (χ0v) is 11.8. The number of aryl methyl sites for hydroxylation is 1. The monoisotopic (exact) mass is 281 g/mol. The van der Waals surface area contributed by atoms with E-state index in [2.05, 4.69) is 4.98 Å². The summed E-state index contributed by atoms with van der Waals surface area (Å²) in [5.74, 6) is 0.517. The van der Waals surface area contributed by atoms with Crippen molar-refractivity contribution in [3.63, 3.8) is 0 Å². The number of imidazole rings is 1. The second-order valence-corrected chi connectivity index (χ2v) is 4.78.